The molecule has 0 saturated heterocycles. The van der Waals surface area contributed by atoms with Gasteiger partial charge in [-0.25, -0.2) is 0 Å². The van der Waals surface area contributed by atoms with Crippen LogP contribution in [0.4, 0.5) is 0 Å². The fraction of sp³-hybridized carbons (Fsp3) is 0.385. The van der Waals surface area contributed by atoms with Crippen molar-refractivity contribution in [2.75, 3.05) is 6.54 Å². The van der Waals surface area contributed by atoms with Crippen LogP contribution in [0.15, 0.2) is 18.2 Å². The Kier molecular flexibility index (Phi) is 3.16. The Labute approximate surface area is 116 Å². The van der Waals surface area contributed by atoms with Gasteiger partial charge in [-0.2, -0.15) is 0 Å². The molecule has 1 aromatic heterocycles. The average Bonchev–Trinajstić information content (AvgIpc) is 2.84. The van der Waals surface area contributed by atoms with Crippen LogP contribution in [0.2, 0.25) is 5.02 Å². The number of benzene rings is 1. The predicted molar refractivity (Wildman–Crippen MR) is 73.0 cm³/mol. The van der Waals surface area contributed by atoms with Crippen LogP contribution in [0.25, 0.3) is 11.4 Å². The van der Waals surface area contributed by atoms with E-state index in [2.05, 4.69) is 14.8 Å². The van der Waals surface area contributed by atoms with Crippen LogP contribution < -0.4 is 5.73 Å². The van der Waals surface area contributed by atoms with Crippen molar-refractivity contribution in [3.8, 4) is 17.1 Å². The monoisotopic (exact) mass is 278 g/mol. The summed E-state index contributed by atoms with van der Waals surface area (Å²) in [4.78, 5) is 0. The van der Waals surface area contributed by atoms with Crippen LogP contribution in [-0.4, -0.2) is 26.4 Å². The van der Waals surface area contributed by atoms with Gasteiger partial charge in [-0.05, 0) is 37.1 Å². The first-order chi connectivity index (χ1) is 9.19. The van der Waals surface area contributed by atoms with E-state index < -0.39 is 0 Å². The maximum Gasteiger partial charge on any atom is 0.165 e. The third kappa shape index (κ3) is 2.19. The summed E-state index contributed by atoms with van der Waals surface area (Å²) in [5.74, 6) is 2.27. The lowest BCUT2D eigenvalue weighted by Crippen LogP contribution is -2.26. The molecule has 19 heavy (non-hydrogen) atoms. The lowest BCUT2D eigenvalue weighted by atomic mass is 9.99. The molecule has 1 aliphatic heterocycles. The van der Waals surface area contributed by atoms with Crippen molar-refractivity contribution in [1.82, 2.24) is 14.8 Å². The largest absolute Gasteiger partial charge is 0.508 e. The molecule has 1 unspecified atom stereocenters. The first-order valence-corrected chi connectivity index (χ1v) is 6.68. The Hall–Kier alpha value is -1.59. The minimum absolute atomic E-state index is 0.169. The predicted octanol–water partition coefficient (Wildman–Crippen LogP) is 1.83. The summed E-state index contributed by atoms with van der Waals surface area (Å²) in [5.41, 5.74) is 6.46. The van der Waals surface area contributed by atoms with E-state index in [9.17, 15) is 5.11 Å². The number of hydrogen-bond donors (Lipinski definition) is 2. The van der Waals surface area contributed by atoms with Crippen molar-refractivity contribution >= 4 is 11.6 Å². The molecule has 3 N–H and O–H groups in total. The number of aromatic hydroxyl groups is 1. The number of nitrogens with two attached hydrogens (primary N) is 1. The number of fused-ring (bicyclic) bond motifs is 1. The summed E-state index contributed by atoms with van der Waals surface area (Å²) in [6.45, 7) is 1.46. The Balaban J connectivity index is 2.07. The molecule has 0 saturated carbocycles. The van der Waals surface area contributed by atoms with Crippen molar-refractivity contribution in [3.63, 3.8) is 0 Å². The number of halogens is 1. The smallest absolute Gasteiger partial charge is 0.165 e. The second-order valence-electron chi connectivity index (χ2n) is 4.85. The number of phenols is 1. The second kappa shape index (κ2) is 4.83. The van der Waals surface area contributed by atoms with Gasteiger partial charge in [0.25, 0.3) is 0 Å². The van der Waals surface area contributed by atoms with Gasteiger partial charge in [-0.15, -0.1) is 10.2 Å². The zero-order chi connectivity index (χ0) is 13.4. The first kappa shape index (κ1) is 12.4. The van der Waals surface area contributed by atoms with E-state index in [0.29, 0.717) is 28.9 Å². The molecule has 0 bridgehead atoms. The first-order valence-electron chi connectivity index (χ1n) is 6.30. The van der Waals surface area contributed by atoms with E-state index in [0.717, 1.165) is 25.2 Å². The number of aromatic nitrogens is 3. The summed E-state index contributed by atoms with van der Waals surface area (Å²) >= 11 is 6.18. The Morgan fingerprint density at radius 2 is 2.26 bits per heavy atom. The molecule has 0 radical (unpaired) electrons. The molecule has 6 heteroatoms. The number of rotatable bonds is 2. The summed E-state index contributed by atoms with van der Waals surface area (Å²) in [6, 6.07) is 4.84. The minimum atomic E-state index is 0.169. The van der Waals surface area contributed by atoms with Gasteiger partial charge < -0.3 is 15.4 Å². The zero-order valence-corrected chi connectivity index (χ0v) is 11.1. The number of nitrogens with zero attached hydrogens (tertiary/aromatic N) is 3. The van der Waals surface area contributed by atoms with Crippen molar-refractivity contribution in [2.24, 2.45) is 11.7 Å². The quantitative estimate of drug-likeness (QED) is 0.878. The van der Waals surface area contributed by atoms with E-state index >= 15 is 0 Å². The van der Waals surface area contributed by atoms with E-state index in [1.54, 1.807) is 18.2 Å². The third-order valence-electron chi connectivity index (χ3n) is 3.57. The van der Waals surface area contributed by atoms with Crippen LogP contribution in [0.1, 0.15) is 12.2 Å². The fourth-order valence-electron chi connectivity index (χ4n) is 2.47. The lowest BCUT2D eigenvalue weighted by Gasteiger charge is -2.23. The molecule has 2 heterocycles. The maximum absolute atomic E-state index is 9.60. The van der Waals surface area contributed by atoms with Crippen molar-refractivity contribution < 1.29 is 5.11 Å². The van der Waals surface area contributed by atoms with Gasteiger partial charge in [-0.3, -0.25) is 0 Å². The van der Waals surface area contributed by atoms with Gasteiger partial charge >= 0.3 is 0 Å². The molecule has 0 aliphatic carbocycles. The molecule has 1 aromatic carbocycles. The summed E-state index contributed by atoms with van der Waals surface area (Å²) in [5, 5.41) is 18.6. The molecule has 0 spiro atoms. The molecule has 1 aliphatic rings. The van der Waals surface area contributed by atoms with Gasteiger partial charge in [0.2, 0.25) is 0 Å². The van der Waals surface area contributed by atoms with E-state index in [1.807, 2.05) is 0 Å². The molecule has 0 amide bonds. The number of hydrogen-bond acceptors (Lipinski definition) is 4. The maximum atomic E-state index is 9.60. The minimum Gasteiger partial charge on any atom is -0.508 e. The van der Waals surface area contributed by atoms with Crippen molar-refractivity contribution in [3.05, 3.63) is 29.0 Å². The Morgan fingerprint density at radius 3 is 3.05 bits per heavy atom. The van der Waals surface area contributed by atoms with Crippen LogP contribution >= 0.6 is 11.6 Å². The lowest BCUT2D eigenvalue weighted by molar-refractivity contribution is 0.375. The summed E-state index contributed by atoms with van der Waals surface area (Å²) in [7, 11) is 0. The topological polar surface area (TPSA) is 77.0 Å². The molecule has 1 atom stereocenters. The molecule has 0 fully saturated rings. The highest BCUT2D eigenvalue weighted by Gasteiger charge is 2.23. The highest BCUT2D eigenvalue weighted by Crippen LogP contribution is 2.32. The van der Waals surface area contributed by atoms with Crippen LogP contribution in [0.5, 0.6) is 5.75 Å². The van der Waals surface area contributed by atoms with Gasteiger partial charge in [0.15, 0.2) is 5.82 Å². The van der Waals surface area contributed by atoms with Crippen LogP contribution in [0.3, 0.4) is 0 Å². The molecule has 100 valence electrons. The number of phenolic OH excluding ortho intramolecular Hbond substituents is 1. The third-order valence-corrected chi connectivity index (χ3v) is 3.90. The van der Waals surface area contributed by atoms with Gasteiger partial charge in [0.05, 0.1) is 5.02 Å². The highest BCUT2D eigenvalue weighted by atomic mass is 35.5. The molecular weight excluding hydrogens is 264 g/mol. The SMILES string of the molecule is NCC1CCc2nnc(-c3cc(O)ccc3Cl)n2C1. The summed E-state index contributed by atoms with van der Waals surface area (Å²) < 4.78 is 2.06. The zero-order valence-electron chi connectivity index (χ0n) is 10.4. The van der Waals surface area contributed by atoms with Crippen LogP contribution in [-0.2, 0) is 13.0 Å². The second-order valence-corrected chi connectivity index (χ2v) is 5.26. The number of aryl methyl sites for hydroxylation is 1. The molecular formula is C13H15ClN4O. The molecule has 2 aromatic rings. The fourth-order valence-corrected chi connectivity index (χ4v) is 2.67. The Bertz CT molecular complexity index is 611. The average molecular weight is 279 g/mol. The highest BCUT2D eigenvalue weighted by molar-refractivity contribution is 6.33. The normalized spacial score (nSPS) is 18.3. The van der Waals surface area contributed by atoms with E-state index in [1.165, 1.54) is 0 Å². The standard InChI is InChI=1S/C13H15ClN4O/c14-11-3-2-9(19)5-10(11)13-17-16-12-4-1-8(6-15)7-18(12)13/h2-3,5,8,19H,1,4,6-7,15H2. The Morgan fingerprint density at radius 1 is 1.42 bits per heavy atom. The molecule has 3 rings (SSSR count). The van der Waals surface area contributed by atoms with Crippen LogP contribution in [0, 0.1) is 5.92 Å². The van der Waals surface area contributed by atoms with E-state index in [4.69, 9.17) is 17.3 Å². The van der Waals surface area contributed by atoms with Gasteiger partial charge in [0, 0.05) is 18.5 Å². The van der Waals surface area contributed by atoms with Gasteiger partial charge in [0.1, 0.15) is 11.6 Å². The summed E-state index contributed by atoms with van der Waals surface area (Å²) in [6.07, 6.45) is 1.92. The molecule has 5 nitrogen and oxygen atoms in total. The van der Waals surface area contributed by atoms with Gasteiger partial charge in [-0.1, -0.05) is 11.6 Å². The van der Waals surface area contributed by atoms with Crippen molar-refractivity contribution in [1.29, 1.82) is 0 Å². The van der Waals surface area contributed by atoms with Crippen molar-refractivity contribution in [2.45, 2.75) is 19.4 Å². The van der Waals surface area contributed by atoms with E-state index in [-0.39, 0.29) is 5.75 Å².